The third-order valence-corrected chi connectivity index (χ3v) is 4.46. The number of amides is 1. The molecule has 28 heavy (non-hydrogen) atoms. The molecule has 3 aromatic rings. The Balaban J connectivity index is 1.50. The molecule has 0 atom stereocenters. The highest BCUT2D eigenvalue weighted by Crippen LogP contribution is 2.28. The van der Waals surface area contributed by atoms with Crippen LogP contribution in [0.5, 0.6) is 5.75 Å². The van der Waals surface area contributed by atoms with Gasteiger partial charge in [0.1, 0.15) is 18.1 Å². The van der Waals surface area contributed by atoms with Crippen LogP contribution in [0.2, 0.25) is 0 Å². The summed E-state index contributed by atoms with van der Waals surface area (Å²) in [6.07, 6.45) is 4.45. The van der Waals surface area contributed by atoms with Crippen molar-refractivity contribution in [1.82, 2.24) is 15.1 Å². The topological polar surface area (TPSA) is 69.3 Å². The lowest BCUT2D eigenvalue weighted by Gasteiger charge is -2.14. The second kappa shape index (κ2) is 9.26. The number of nitrogens with one attached hydrogen (secondary N) is 1. The number of nitrogens with zero attached hydrogens (tertiary/aromatic N) is 2. The van der Waals surface area contributed by atoms with E-state index >= 15 is 0 Å². The molecule has 0 radical (unpaired) electrons. The molecule has 6 nitrogen and oxygen atoms in total. The van der Waals surface area contributed by atoms with Crippen LogP contribution in [0.4, 0.5) is 0 Å². The molecule has 0 fully saturated rings. The molecule has 1 aromatic carbocycles. The number of aromatic nitrogens is 2. The van der Waals surface area contributed by atoms with Gasteiger partial charge in [0, 0.05) is 25.5 Å². The average molecular weight is 381 g/mol. The van der Waals surface area contributed by atoms with Gasteiger partial charge in [-0.05, 0) is 54.7 Å². The Morgan fingerprint density at radius 3 is 2.89 bits per heavy atom. The molecule has 3 rings (SSSR count). The van der Waals surface area contributed by atoms with Gasteiger partial charge in [-0.3, -0.25) is 9.48 Å². The van der Waals surface area contributed by atoms with E-state index < -0.39 is 0 Å². The summed E-state index contributed by atoms with van der Waals surface area (Å²) < 4.78 is 13.4. The van der Waals surface area contributed by atoms with E-state index in [9.17, 15) is 4.79 Å². The summed E-state index contributed by atoms with van der Waals surface area (Å²) in [5, 5.41) is 7.00. The second-order valence-corrected chi connectivity index (χ2v) is 7.13. The second-order valence-electron chi connectivity index (χ2n) is 7.13. The van der Waals surface area contributed by atoms with Crippen LogP contribution < -0.4 is 10.1 Å². The summed E-state index contributed by atoms with van der Waals surface area (Å²) in [6, 6.07) is 11.6. The number of hydrogen-bond acceptors (Lipinski definition) is 4. The van der Waals surface area contributed by atoms with Crippen LogP contribution in [0, 0.1) is 6.92 Å². The van der Waals surface area contributed by atoms with Gasteiger partial charge >= 0.3 is 0 Å². The molecule has 1 N–H and O–H groups in total. The fourth-order valence-corrected chi connectivity index (χ4v) is 2.93. The van der Waals surface area contributed by atoms with E-state index in [1.807, 2.05) is 29.9 Å². The third-order valence-electron chi connectivity index (χ3n) is 4.46. The van der Waals surface area contributed by atoms with E-state index in [4.69, 9.17) is 9.15 Å². The van der Waals surface area contributed by atoms with Gasteiger partial charge in [0.15, 0.2) is 5.76 Å². The fourth-order valence-electron chi connectivity index (χ4n) is 2.93. The number of ether oxygens (including phenoxy) is 1. The Morgan fingerprint density at radius 2 is 2.14 bits per heavy atom. The Kier molecular flexibility index (Phi) is 6.53. The predicted molar refractivity (Wildman–Crippen MR) is 107 cm³/mol. The van der Waals surface area contributed by atoms with Crippen molar-refractivity contribution in [2.24, 2.45) is 0 Å². The van der Waals surface area contributed by atoms with Crippen LogP contribution in [0.1, 0.15) is 53.6 Å². The quantitative estimate of drug-likeness (QED) is 0.561. The van der Waals surface area contributed by atoms with Crippen LogP contribution in [0.3, 0.4) is 0 Å². The highest BCUT2D eigenvalue weighted by atomic mass is 16.5. The first-order valence-electron chi connectivity index (χ1n) is 9.60. The fraction of sp³-hybridized carbons (Fsp3) is 0.364. The average Bonchev–Trinajstić information content (AvgIpc) is 3.35. The Labute approximate surface area is 165 Å². The minimum atomic E-state index is -0.217. The Bertz CT molecular complexity index is 898. The van der Waals surface area contributed by atoms with Crippen molar-refractivity contribution < 1.29 is 13.9 Å². The Morgan fingerprint density at radius 1 is 1.29 bits per heavy atom. The van der Waals surface area contributed by atoms with Crippen molar-refractivity contribution in [3.05, 3.63) is 71.4 Å². The van der Waals surface area contributed by atoms with Gasteiger partial charge in [-0.2, -0.15) is 5.10 Å². The predicted octanol–water partition coefficient (Wildman–Crippen LogP) is 4.31. The van der Waals surface area contributed by atoms with Crippen LogP contribution in [0.15, 0.2) is 53.2 Å². The third kappa shape index (κ3) is 5.25. The highest BCUT2D eigenvalue weighted by molar-refractivity contribution is 5.91. The molecule has 0 aliphatic heterocycles. The zero-order valence-electron chi connectivity index (χ0n) is 16.6. The zero-order valence-corrected chi connectivity index (χ0v) is 16.6. The molecule has 0 spiro atoms. The zero-order chi connectivity index (χ0) is 19.9. The molecule has 2 aromatic heterocycles. The molecule has 1 amide bonds. The normalized spacial score (nSPS) is 11.0. The van der Waals surface area contributed by atoms with Gasteiger partial charge in [-0.25, -0.2) is 0 Å². The summed E-state index contributed by atoms with van der Waals surface area (Å²) in [5.74, 6) is 1.93. The number of benzene rings is 1. The van der Waals surface area contributed by atoms with Crippen molar-refractivity contribution in [1.29, 1.82) is 0 Å². The van der Waals surface area contributed by atoms with E-state index in [2.05, 4.69) is 36.4 Å². The monoisotopic (exact) mass is 381 g/mol. The molecule has 0 saturated heterocycles. The lowest BCUT2D eigenvalue weighted by molar-refractivity contribution is 0.0920. The summed E-state index contributed by atoms with van der Waals surface area (Å²) in [7, 11) is 0. The number of furan rings is 1. The number of carbonyl (C=O) groups excluding carboxylic acids is 1. The number of rotatable bonds is 9. The molecule has 148 valence electrons. The first kappa shape index (κ1) is 19.7. The van der Waals surface area contributed by atoms with Gasteiger partial charge in [0.2, 0.25) is 0 Å². The van der Waals surface area contributed by atoms with Gasteiger partial charge in [0.05, 0.1) is 0 Å². The van der Waals surface area contributed by atoms with Crippen molar-refractivity contribution >= 4 is 5.91 Å². The smallest absolute Gasteiger partial charge is 0.286 e. The van der Waals surface area contributed by atoms with Gasteiger partial charge in [-0.15, -0.1) is 0 Å². The lowest BCUT2D eigenvalue weighted by atomic mass is 10.0. The molecule has 0 bridgehead atoms. The number of hydrogen-bond donors (Lipinski definition) is 1. The van der Waals surface area contributed by atoms with Gasteiger partial charge < -0.3 is 14.5 Å². The summed E-state index contributed by atoms with van der Waals surface area (Å²) in [4.78, 5) is 12.2. The van der Waals surface area contributed by atoms with Crippen molar-refractivity contribution in [3.63, 3.8) is 0 Å². The van der Waals surface area contributed by atoms with Crippen molar-refractivity contribution in [3.8, 4) is 5.75 Å². The van der Waals surface area contributed by atoms with Crippen LogP contribution in [-0.2, 0) is 13.2 Å². The summed E-state index contributed by atoms with van der Waals surface area (Å²) in [5.41, 5.74) is 2.31. The molecule has 0 aliphatic carbocycles. The van der Waals surface area contributed by atoms with E-state index in [1.165, 1.54) is 0 Å². The van der Waals surface area contributed by atoms with E-state index in [0.717, 1.165) is 29.8 Å². The van der Waals surface area contributed by atoms with Crippen LogP contribution in [-0.4, -0.2) is 22.2 Å². The first-order valence-corrected chi connectivity index (χ1v) is 9.60. The lowest BCUT2D eigenvalue weighted by Crippen LogP contribution is -2.24. The molecular formula is C22H27N3O3. The molecular weight excluding hydrogens is 354 g/mol. The summed E-state index contributed by atoms with van der Waals surface area (Å²) >= 11 is 0. The summed E-state index contributed by atoms with van der Waals surface area (Å²) in [6.45, 7) is 7.93. The molecule has 0 unspecified atom stereocenters. The van der Waals surface area contributed by atoms with Crippen LogP contribution >= 0.6 is 0 Å². The number of aryl methyl sites for hydroxylation is 2. The van der Waals surface area contributed by atoms with Crippen LogP contribution in [0.25, 0.3) is 0 Å². The van der Waals surface area contributed by atoms with E-state index in [1.54, 1.807) is 18.3 Å². The van der Waals surface area contributed by atoms with E-state index in [0.29, 0.717) is 24.0 Å². The largest absolute Gasteiger partial charge is 0.485 e. The van der Waals surface area contributed by atoms with Gasteiger partial charge in [0.25, 0.3) is 5.91 Å². The minimum Gasteiger partial charge on any atom is -0.485 e. The molecule has 6 heteroatoms. The van der Waals surface area contributed by atoms with E-state index in [-0.39, 0.29) is 12.5 Å². The van der Waals surface area contributed by atoms with Crippen molar-refractivity contribution in [2.75, 3.05) is 6.54 Å². The van der Waals surface area contributed by atoms with Gasteiger partial charge in [-0.1, -0.05) is 26.0 Å². The molecule has 0 saturated carbocycles. The maximum absolute atomic E-state index is 12.2. The molecule has 2 heterocycles. The van der Waals surface area contributed by atoms with Crippen molar-refractivity contribution in [2.45, 2.75) is 46.3 Å². The Hall–Kier alpha value is -3.02. The first-order chi connectivity index (χ1) is 13.5. The SMILES string of the molecule is Cc1ccc(C(C)C)c(OCc2ccc(C(=O)NCCCn3cccn3)o2)c1. The minimum absolute atomic E-state index is 0.217. The maximum Gasteiger partial charge on any atom is 0.286 e. The molecule has 0 aliphatic rings. The number of carbonyl (C=O) groups is 1. The highest BCUT2D eigenvalue weighted by Gasteiger charge is 2.13. The maximum atomic E-state index is 12.2. The standard InChI is InChI=1S/C22H27N3O3/c1-16(2)19-8-6-17(3)14-21(19)27-15-18-7-9-20(28-18)22(26)23-10-4-12-25-13-5-11-24-25/h5-9,11,13-14,16H,4,10,12,15H2,1-3H3,(H,23,26).